The maximum Gasteiger partial charge on any atom is 0.283 e. The lowest BCUT2D eigenvalue weighted by Crippen LogP contribution is -2.13. The van der Waals surface area contributed by atoms with Crippen LogP contribution in [-0.2, 0) is 0 Å². The Bertz CT molecular complexity index is 974. The Morgan fingerprint density at radius 1 is 1.27 bits per heavy atom. The molecule has 0 aliphatic heterocycles. The van der Waals surface area contributed by atoms with Gasteiger partial charge in [-0.05, 0) is 30.5 Å². The SMILES string of the molecule is CSc1ccc(-c2csc(NC(=O)c3ccc(Cl)cc3[N+](=O)[O-])n2)cc1. The number of amides is 1. The van der Waals surface area contributed by atoms with Crippen molar-refractivity contribution in [3.63, 3.8) is 0 Å². The molecule has 1 N–H and O–H groups in total. The molecule has 0 unspecified atom stereocenters. The molecule has 9 heteroatoms. The van der Waals surface area contributed by atoms with Crippen LogP contribution in [0.4, 0.5) is 10.8 Å². The molecule has 0 saturated heterocycles. The van der Waals surface area contributed by atoms with E-state index in [0.29, 0.717) is 5.13 Å². The number of nitrogens with one attached hydrogen (secondary N) is 1. The molecule has 132 valence electrons. The molecule has 3 aromatic rings. The zero-order chi connectivity index (χ0) is 18.7. The number of benzene rings is 2. The molecule has 26 heavy (non-hydrogen) atoms. The largest absolute Gasteiger partial charge is 0.298 e. The number of rotatable bonds is 5. The van der Waals surface area contributed by atoms with Gasteiger partial charge in [0.1, 0.15) is 5.56 Å². The van der Waals surface area contributed by atoms with Gasteiger partial charge in [0.15, 0.2) is 5.13 Å². The van der Waals surface area contributed by atoms with Gasteiger partial charge in [0.05, 0.1) is 10.6 Å². The third kappa shape index (κ3) is 4.04. The molecule has 0 aliphatic rings. The van der Waals surface area contributed by atoms with Gasteiger partial charge in [-0.2, -0.15) is 0 Å². The second kappa shape index (κ2) is 7.86. The summed E-state index contributed by atoms with van der Waals surface area (Å²) in [5.74, 6) is -0.605. The number of hydrogen-bond acceptors (Lipinski definition) is 6. The molecule has 2 aromatic carbocycles. The summed E-state index contributed by atoms with van der Waals surface area (Å²) in [4.78, 5) is 28.4. The number of carbonyl (C=O) groups excluding carboxylic acids is 1. The van der Waals surface area contributed by atoms with Crippen LogP contribution >= 0.6 is 34.7 Å². The van der Waals surface area contributed by atoms with Crippen molar-refractivity contribution in [2.75, 3.05) is 11.6 Å². The molecule has 1 heterocycles. The Hall–Kier alpha value is -2.42. The second-order valence-corrected chi connectivity index (χ2v) is 7.31. The zero-order valence-corrected chi connectivity index (χ0v) is 15.8. The average Bonchev–Trinajstić information content (AvgIpc) is 3.10. The van der Waals surface area contributed by atoms with Crippen molar-refractivity contribution in [2.24, 2.45) is 0 Å². The summed E-state index contributed by atoms with van der Waals surface area (Å²) < 4.78 is 0. The fourth-order valence-corrected chi connectivity index (χ4v) is 3.53. The van der Waals surface area contributed by atoms with Crippen molar-refractivity contribution in [1.29, 1.82) is 0 Å². The van der Waals surface area contributed by atoms with Gasteiger partial charge in [0.25, 0.3) is 11.6 Å². The van der Waals surface area contributed by atoms with Crippen LogP contribution in [0, 0.1) is 10.1 Å². The Balaban J connectivity index is 1.81. The number of hydrogen-bond donors (Lipinski definition) is 1. The third-order valence-corrected chi connectivity index (χ3v) is 5.25. The number of thiazole rings is 1. The van der Waals surface area contributed by atoms with E-state index in [0.717, 1.165) is 22.2 Å². The molecular weight excluding hydrogens is 394 g/mol. The standard InChI is InChI=1S/C17H12ClN3O3S2/c1-25-12-5-2-10(3-6-12)14-9-26-17(19-14)20-16(22)13-7-4-11(18)8-15(13)21(23)24/h2-9H,1H3,(H,19,20,22). The van der Waals surface area contributed by atoms with Crippen molar-refractivity contribution in [2.45, 2.75) is 4.90 Å². The number of carbonyl (C=O) groups is 1. The van der Waals surface area contributed by atoms with Crippen molar-refractivity contribution < 1.29 is 9.72 Å². The average molecular weight is 406 g/mol. The van der Waals surface area contributed by atoms with Gasteiger partial charge in [0, 0.05) is 26.9 Å². The second-order valence-electron chi connectivity index (χ2n) is 5.14. The number of nitro benzene ring substituents is 1. The molecule has 6 nitrogen and oxygen atoms in total. The van der Waals surface area contributed by atoms with E-state index in [-0.39, 0.29) is 16.3 Å². The van der Waals surface area contributed by atoms with Crippen molar-refractivity contribution >= 4 is 51.4 Å². The first kappa shape index (κ1) is 18.4. The highest BCUT2D eigenvalue weighted by atomic mass is 35.5. The summed E-state index contributed by atoms with van der Waals surface area (Å²) in [6, 6.07) is 11.8. The highest BCUT2D eigenvalue weighted by Crippen LogP contribution is 2.28. The van der Waals surface area contributed by atoms with E-state index in [1.165, 1.54) is 23.5 Å². The minimum Gasteiger partial charge on any atom is -0.298 e. The van der Waals surface area contributed by atoms with Gasteiger partial charge in [-0.1, -0.05) is 23.7 Å². The van der Waals surface area contributed by atoms with Crippen molar-refractivity contribution in [1.82, 2.24) is 4.98 Å². The van der Waals surface area contributed by atoms with Gasteiger partial charge in [0.2, 0.25) is 0 Å². The minimum atomic E-state index is -0.638. The zero-order valence-electron chi connectivity index (χ0n) is 13.4. The molecule has 0 fully saturated rings. The van der Waals surface area contributed by atoms with E-state index in [1.54, 1.807) is 11.8 Å². The quantitative estimate of drug-likeness (QED) is 0.351. The molecule has 0 aliphatic carbocycles. The Morgan fingerprint density at radius 2 is 2.00 bits per heavy atom. The van der Waals surface area contributed by atoms with Crippen molar-refractivity contribution in [3.05, 3.63) is 68.5 Å². The lowest BCUT2D eigenvalue weighted by atomic mass is 10.1. The van der Waals surface area contributed by atoms with E-state index in [1.807, 2.05) is 35.9 Å². The lowest BCUT2D eigenvalue weighted by molar-refractivity contribution is -0.385. The fourth-order valence-electron chi connectivity index (χ4n) is 2.24. The summed E-state index contributed by atoms with van der Waals surface area (Å²) in [5.41, 5.74) is 1.24. The van der Waals surface area contributed by atoms with Gasteiger partial charge >= 0.3 is 0 Å². The molecule has 3 rings (SSSR count). The van der Waals surface area contributed by atoms with Crippen LogP contribution < -0.4 is 5.32 Å². The van der Waals surface area contributed by atoms with Crippen LogP contribution in [-0.4, -0.2) is 22.1 Å². The summed E-state index contributed by atoms with van der Waals surface area (Å²) in [6.45, 7) is 0. The van der Waals surface area contributed by atoms with Crippen LogP contribution in [0.5, 0.6) is 0 Å². The van der Waals surface area contributed by atoms with Crippen molar-refractivity contribution in [3.8, 4) is 11.3 Å². The highest BCUT2D eigenvalue weighted by molar-refractivity contribution is 7.98. The summed E-state index contributed by atoms with van der Waals surface area (Å²) in [7, 11) is 0. The molecule has 0 spiro atoms. The molecule has 1 aromatic heterocycles. The Morgan fingerprint density at radius 3 is 2.65 bits per heavy atom. The highest BCUT2D eigenvalue weighted by Gasteiger charge is 2.21. The third-order valence-electron chi connectivity index (χ3n) is 3.51. The maximum atomic E-state index is 12.4. The molecular formula is C17H12ClN3O3S2. The minimum absolute atomic E-state index is 0.0690. The molecule has 1 amide bonds. The van der Waals surface area contributed by atoms with Crippen LogP contribution in [0.15, 0.2) is 52.7 Å². The van der Waals surface area contributed by atoms with E-state index in [9.17, 15) is 14.9 Å². The van der Waals surface area contributed by atoms with E-state index >= 15 is 0 Å². The fraction of sp³-hybridized carbons (Fsp3) is 0.0588. The lowest BCUT2D eigenvalue weighted by Gasteiger charge is -2.03. The molecule has 0 radical (unpaired) electrons. The number of halogens is 1. The normalized spacial score (nSPS) is 10.5. The van der Waals surface area contributed by atoms with Gasteiger partial charge < -0.3 is 0 Å². The molecule has 0 bridgehead atoms. The van der Waals surface area contributed by atoms with Crippen LogP contribution in [0.2, 0.25) is 5.02 Å². The first-order chi connectivity index (χ1) is 12.5. The van der Waals surface area contributed by atoms with Crippen LogP contribution in [0.1, 0.15) is 10.4 Å². The van der Waals surface area contributed by atoms with E-state index in [4.69, 9.17) is 11.6 Å². The summed E-state index contributed by atoms with van der Waals surface area (Å²) >= 11 is 8.67. The van der Waals surface area contributed by atoms with E-state index in [2.05, 4.69) is 10.3 Å². The van der Waals surface area contributed by atoms with E-state index < -0.39 is 10.8 Å². The Kier molecular flexibility index (Phi) is 5.55. The molecule has 0 atom stereocenters. The Labute approximate surface area is 162 Å². The van der Waals surface area contributed by atoms with Gasteiger partial charge in [-0.15, -0.1) is 23.1 Å². The van der Waals surface area contributed by atoms with Gasteiger partial charge in [-0.25, -0.2) is 4.98 Å². The summed E-state index contributed by atoms with van der Waals surface area (Å²) in [6.07, 6.45) is 2.00. The first-order valence-corrected chi connectivity index (χ1v) is 9.81. The maximum absolute atomic E-state index is 12.4. The smallest absolute Gasteiger partial charge is 0.283 e. The molecule has 0 saturated carbocycles. The predicted octanol–water partition coefficient (Wildman–Crippen LogP) is 5.35. The van der Waals surface area contributed by atoms with Gasteiger partial charge in [-0.3, -0.25) is 20.2 Å². The number of aromatic nitrogens is 1. The number of anilines is 1. The topological polar surface area (TPSA) is 85.1 Å². The summed E-state index contributed by atoms with van der Waals surface area (Å²) in [5, 5.41) is 16.1. The number of nitrogens with zero attached hydrogens (tertiary/aromatic N) is 2. The monoisotopic (exact) mass is 405 g/mol. The number of nitro groups is 1. The first-order valence-electron chi connectivity index (χ1n) is 7.33. The van der Waals surface area contributed by atoms with Crippen LogP contribution in [0.3, 0.4) is 0 Å². The van der Waals surface area contributed by atoms with Crippen LogP contribution in [0.25, 0.3) is 11.3 Å². The number of thioether (sulfide) groups is 1. The predicted molar refractivity (Wildman–Crippen MR) is 105 cm³/mol.